The van der Waals surface area contributed by atoms with Gasteiger partial charge < -0.3 is 18.9 Å². The SMILES string of the molecule is [2H]c1c([2H])c(N(c2ccccc2)c2ccc3c(c2)c2ccccc2n3-c2ccc(F)cc2)c([2H])c([2H])c1-c1ccc(-c2ccc(N(c3ccccc3)c3ccc4c(c3)c3ccccc3n4-c3ccc(F)cc3)cc2)cc1. The van der Waals surface area contributed by atoms with Crippen LogP contribution in [0.5, 0.6) is 0 Å². The Morgan fingerprint density at radius 3 is 1.08 bits per heavy atom. The highest BCUT2D eigenvalue weighted by Crippen LogP contribution is 2.43. The Labute approximate surface area is 421 Å². The van der Waals surface area contributed by atoms with Gasteiger partial charge in [0.25, 0.3) is 0 Å². The summed E-state index contributed by atoms with van der Waals surface area (Å²) in [4.78, 5) is 4.03. The monoisotopic (exact) mass is 934 g/mol. The topological polar surface area (TPSA) is 16.3 Å². The first-order chi connectivity index (χ1) is 37.2. The molecule has 2 heterocycles. The van der Waals surface area contributed by atoms with Crippen LogP contribution in [0.1, 0.15) is 5.48 Å². The molecule has 13 aromatic rings. The Kier molecular flexibility index (Phi) is 9.47. The van der Waals surface area contributed by atoms with Crippen LogP contribution in [0.25, 0.3) is 77.2 Å². The molecule has 0 aliphatic carbocycles. The lowest BCUT2D eigenvalue weighted by atomic mass is 9.99. The fourth-order valence-corrected chi connectivity index (χ4v) is 10.1. The van der Waals surface area contributed by atoms with Crippen molar-refractivity contribution >= 4 is 77.7 Å². The Morgan fingerprint density at radius 1 is 0.278 bits per heavy atom. The van der Waals surface area contributed by atoms with E-state index in [0.29, 0.717) is 16.9 Å². The normalized spacial score (nSPS) is 12.2. The van der Waals surface area contributed by atoms with E-state index in [1.165, 1.54) is 24.3 Å². The van der Waals surface area contributed by atoms with E-state index in [2.05, 4.69) is 80.8 Å². The maximum atomic E-state index is 14.1. The fourth-order valence-electron chi connectivity index (χ4n) is 10.1. The average molecular weight is 935 g/mol. The number of aromatic nitrogens is 2. The molecule has 4 nitrogen and oxygen atoms in total. The van der Waals surface area contributed by atoms with Gasteiger partial charge in [0, 0.05) is 67.0 Å². The lowest BCUT2D eigenvalue weighted by Crippen LogP contribution is -2.09. The van der Waals surface area contributed by atoms with Crippen LogP contribution >= 0.6 is 0 Å². The van der Waals surface area contributed by atoms with Gasteiger partial charge in [-0.2, -0.15) is 0 Å². The van der Waals surface area contributed by atoms with Gasteiger partial charge in [-0.05, 0) is 168 Å². The van der Waals surface area contributed by atoms with E-state index in [4.69, 9.17) is 0 Å². The van der Waals surface area contributed by atoms with Gasteiger partial charge in [0.2, 0.25) is 0 Å². The van der Waals surface area contributed by atoms with Crippen molar-refractivity contribution in [2.75, 3.05) is 9.80 Å². The number of fused-ring (bicyclic) bond motifs is 6. The molecule has 0 spiro atoms. The highest BCUT2D eigenvalue weighted by atomic mass is 19.1. The predicted octanol–water partition coefficient (Wildman–Crippen LogP) is 18.4. The molecule has 0 aliphatic heterocycles. The lowest BCUT2D eigenvalue weighted by molar-refractivity contribution is 0.627. The molecular weight excluding hydrogens is 887 g/mol. The van der Waals surface area contributed by atoms with Gasteiger partial charge in [0.1, 0.15) is 11.6 Å². The second-order valence-electron chi connectivity index (χ2n) is 17.8. The molecule has 342 valence electrons. The summed E-state index contributed by atoms with van der Waals surface area (Å²) in [6.07, 6.45) is 0. The summed E-state index contributed by atoms with van der Waals surface area (Å²) in [7, 11) is 0. The molecule has 0 unspecified atom stereocenters. The van der Waals surface area contributed by atoms with E-state index in [1.807, 2.05) is 127 Å². The number of benzene rings is 11. The van der Waals surface area contributed by atoms with Gasteiger partial charge in [-0.1, -0.05) is 121 Å². The van der Waals surface area contributed by atoms with Crippen molar-refractivity contribution in [3.05, 3.63) is 278 Å². The number of halogens is 2. The number of hydrogen-bond donors (Lipinski definition) is 0. The van der Waals surface area contributed by atoms with Gasteiger partial charge in [0.15, 0.2) is 0 Å². The molecule has 72 heavy (non-hydrogen) atoms. The first-order valence-electron chi connectivity index (χ1n) is 25.8. The molecule has 11 aromatic carbocycles. The van der Waals surface area contributed by atoms with Crippen LogP contribution in [-0.2, 0) is 0 Å². The first kappa shape index (κ1) is 38.3. The van der Waals surface area contributed by atoms with E-state index in [9.17, 15) is 14.3 Å². The second kappa shape index (κ2) is 17.8. The highest BCUT2D eigenvalue weighted by molar-refractivity contribution is 6.12. The number of nitrogens with zero attached hydrogens (tertiary/aromatic N) is 4. The molecule has 0 amide bonds. The van der Waals surface area contributed by atoms with Crippen molar-refractivity contribution in [2.24, 2.45) is 0 Å². The zero-order valence-electron chi connectivity index (χ0n) is 42.6. The van der Waals surface area contributed by atoms with Crippen LogP contribution in [0.2, 0.25) is 0 Å². The fraction of sp³-hybridized carbons (Fsp3) is 0. The van der Waals surface area contributed by atoms with Crippen molar-refractivity contribution in [3.63, 3.8) is 0 Å². The van der Waals surface area contributed by atoms with E-state index in [1.54, 1.807) is 29.2 Å². The number of anilines is 6. The number of rotatable bonds is 10. The Morgan fingerprint density at radius 2 is 0.625 bits per heavy atom. The van der Waals surface area contributed by atoms with E-state index in [0.717, 1.165) is 83.2 Å². The molecule has 0 N–H and O–H groups in total. The number of para-hydroxylation sites is 4. The standard InChI is InChI=1S/C66H44F2N4/c67-49-27-35-55(36-28-49)71-63-17-9-7-15-59(63)61-43-57(39-41-65(61)71)69(51-11-3-1-4-12-51)53-31-23-47(24-32-53)45-19-21-46(22-20-45)48-25-33-54(34-26-48)70(52-13-5-2-6-14-52)58-40-42-66-62(44-58)60-16-8-10-18-64(60)72(66)56-37-29-50(68)30-38-56/h1-44H/i23D,24D,31D,32D. The first-order valence-corrected chi connectivity index (χ1v) is 23.8. The zero-order valence-corrected chi connectivity index (χ0v) is 38.6. The molecule has 13 rings (SSSR count). The molecule has 0 saturated carbocycles. The third kappa shape index (κ3) is 7.54. The minimum absolute atomic E-state index is 0.129. The Hall–Kier alpha value is -9.52. The second-order valence-corrected chi connectivity index (χ2v) is 17.8. The molecule has 0 atom stereocenters. The van der Waals surface area contributed by atoms with Crippen LogP contribution in [0.15, 0.2) is 267 Å². The van der Waals surface area contributed by atoms with E-state index in [-0.39, 0.29) is 47.1 Å². The van der Waals surface area contributed by atoms with Crippen molar-refractivity contribution in [2.45, 2.75) is 0 Å². The van der Waals surface area contributed by atoms with Crippen LogP contribution in [0, 0.1) is 11.6 Å². The smallest absolute Gasteiger partial charge is 0.123 e. The minimum Gasteiger partial charge on any atom is -0.310 e. The molecule has 0 bridgehead atoms. The van der Waals surface area contributed by atoms with Gasteiger partial charge in [-0.25, -0.2) is 8.78 Å². The predicted molar refractivity (Wildman–Crippen MR) is 295 cm³/mol. The zero-order chi connectivity index (χ0) is 51.6. The maximum Gasteiger partial charge on any atom is 0.123 e. The minimum atomic E-state index is -0.318. The molecular formula is C66H44F2N4. The highest BCUT2D eigenvalue weighted by Gasteiger charge is 2.20. The third-order valence-electron chi connectivity index (χ3n) is 13.5. The molecule has 0 aliphatic rings. The molecule has 0 radical (unpaired) electrons. The van der Waals surface area contributed by atoms with Crippen molar-refractivity contribution < 1.29 is 14.3 Å². The lowest BCUT2D eigenvalue weighted by Gasteiger charge is -2.26. The van der Waals surface area contributed by atoms with Gasteiger partial charge in [-0.15, -0.1) is 0 Å². The summed E-state index contributed by atoms with van der Waals surface area (Å²) in [6, 6.07) is 76.8. The third-order valence-corrected chi connectivity index (χ3v) is 13.5. The van der Waals surface area contributed by atoms with Crippen LogP contribution in [0.3, 0.4) is 0 Å². The van der Waals surface area contributed by atoms with Gasteiger partial charge in [0.05, 0.1) is 27.5 Å². The molecule has 0 fully saturated rings. The average Bonchev–Trinajstić information content (AvgIpc) is 4.01. The van der Waals surface area contributed by atoms with Crippen LogP contribution in [-0.4, -0.2) is 9.13 Å². The summed E-state index contributed by atoms with van der Waals surface area (Å²) in [5.41, 5.74) is 12.6. The van der Waals surface area contributed by atoms with Crippen LogP contribution in [0.4, 0.5) is 42.9 Å². The number of hydrogen-bond acceptors (Lipinski definition) is 2. The maximum absolute atomic E-state index is 14.1. The largest absolute Gasteiger partial charge is 0.310 e. The molecule has 6 heteroatoms. The van der Waals surface area contributed by atoms with Gasteiger partial charge in [-0.3, -0.25) is 0 Å². The van der Waals surface area contributed by atoms with E-state index >= 15 is 0 Å². The summed E-state index contributed by atoms with van der Waals surface area (Å²) in [5.74, 6) is -0.598. The van der Waals surface area contributed by atoms with E-state index < -0.39 is 0 Å². The Bertz CT molecular complexity index is 4300. The van der Waals surface area contributed by atoms with Crippen LogP contribution < -0.4 is 9.80 Å². The molecule has 2 aromatic heterocycles. The van der Waals surface area contributed by atoms with Gasteiger partial charge >= 0.3 is 0 Å². The summed E-state index contributed by atoms with van der Waals surface area (Å²) < 4.78 is 70.5. The molecule has 0 saturated heterocycles. The quantitative estimate of drug-likeness (QED) is 0.136. The van der Waals surface area contributed by atoms with Crippen molar-refractivity contribution in [3.8, 4) is 33.6 Å². The Balaban J connectivity index is 0.841. The summed E-state index contributed by atoms with van der Waals surface area (Å²) in [6.45, 7) is 0. The van der Waals surface area contributed by atoms with Crippen molar-refractivity contribution in [1.82, 2.24) is 9.13 Å². The summed E-state index contributed by atoms with van der Waals surface area (Å²) >= 11 is 0. The van der Waals surface area contributed by atoms with Crippen molar-refractivity contribution in [1.29, 1.82) is 0 Å². The summed E-state index contributed by atoms with van der Waals surface area (Å²) in [5, 5.41) is 4.05.